The molecule has 0 spiro atoms. The summed E-state index contributed by atoms with van der Waals surface area (Å²) in [6, 6.07) is 16.1. The SMILES string of the molecule is CN(C(=O)C1(NC(=O)OCC2c3ccccc3-c3ccccc32)CCOC1)C1(C(=O)O)CCCC1. The second-order valence-electron chi connectivity index (χ2n) is 9.74. The number of alkyl carbamates (subject to hydrolysis) is 1. The fourth-order valence-electron chi connectivity index (χ4n) is 5.88. The Balaban J connectivity index is 1.31. The standard InChI is InChI=1S/C27H30N2O6/c1-29(27(24(31)32)12-6-7-13-27)23(30)26(14-15-34-17-26)28-25(33)35-16-22-20-10-4-2-8-18(20)19-9-3-5-11-21(19)22/h2-5,8-11,22H,6-7,12-17H2,1H3,(H,28,33)(H,31,32). The molecule has 1 aliphatic heterocycles. The van der Waals surface area contributed by atoms with Crippen LogP contribution in [0.1, 0.15) is 49.1 Å². The number of carboxylic acid groups (broad SMARTS) is 1. The number of carbonyl (C=O) groups excluding carboxylic acids is 2. The van der Waals surface area contributed by atoms with Gasteiger partial charge in [0.15, 0.2) is 0 Å². The Morgan fingerprint density at radius 2 is 1.63 bits per heavy atom. The molecule has 184 valence electrons. The van der Waals surface area contributed by atoms with Gasteiger partial charge in [0.05, 0.1) is 6.61 Å². The van der Waals surface area contributed by atoms with E-state index >= 15 is 0 Å². The molecule has 2 aromatic carbocycles. The third kappa shape index (κ3) is 3.86. The van der Waals surface area contributed by atoms with Crippen LogP contribution in [0.3, 0.4) is 0 Å². The summed E-state index contributed by atoms with van der Waals surface area (Å²) in [6.45, 7) is 0.402. The van der Waals surface area contributed by atoms with Crippen molar-refractivity contribution >= 4 is 18.0 Å². The maximum Gasteiger partial charge on any atom is 0.408 e. The molecule has 0 aromatic heterocycles. The van der Waals surface area contributed by atoms with Gasteiger partial charge >= 0.3 is 12.1 Å². The van der Waals surface area contributed by atoms with E-state index < -0.39 is 29.0 Å². The molecular weight excluding hydrogens is 448 g/mol. The van der Waals surface area contributed by atoms with Gasteiger partial charge in [-0.15, -0.1) is 0 Å². The normalized spacial score (nSPS) is 22.3. The number of benzene rings is 2. The van der Waals surface area contributed by atoms with E-state index in [2.05, 4.69) is 17.4 Å². The first-order chi connectivity index (χ1) is 16.9. The van der Waals surface area contributed by atoms with Crippen LogP contribution in [0.4, 0.5) is 4.79 Å². The number of nitrogens with zero attached hydrogens (tertiary/aromatic N) is 1. The van der Waals surface area contributed by atoms with Crippen molar-refractivity contribution in [1.29, 1.82) is 0 Å². The number of likely N-dealkylation sites (N-methyl/N-ethyl adjacent to an activating group) is 1. The van der Waals surface area contributed by atoms with Crippen LogP contribution in [0.5, 0.6) is 0 Å². The summed E-state index contributed by atoms with van der Waals surface area (Å²) in [5.41, 5.74) is 1.86. The highest BCUT2D eigenvalue weighted by atomic mass is 16.6. The van der Waals surface area contributed by atoms with Crippen LogP contribution in [0.2, 0.25) is 0 Å². The van der Waals surface area contributed by atoms with Gasteiger partial charge in [0.2, 0.25) is 0 Å². The first-order valence-corrected chi connectivity index (χ1v) is 12.1. The average Bonchev–Trinajstić information content (AvgIpc) is 3.61. The molecule has 8 heteroatoms. The fraction of sp³-hybridized carbons (Fsp3) is 0.444. The van der Waals surface area contributed by atoms with E-state index in [0.717, 1.165) is 35.1 Å². The predicted molar refractivity (Wildman–Crippen MR) is 128 cm³/mol. The molecule has 2 fully saturated rings. The van der Waals surface area contributed by atoms with Gasteiger partial charge in [-0.3, -0.25) is 4.79 Å². The quantitative estimate of drug-likeness (QED) is 0.658. The molecule has 0 radical (unpaired) electrons. The number of ether oxygens (including phenoxy) is 2. The number of nitrogens with one attached hydrogen (secondary N) is 1. The minimum atomic E-state index is -1.34. The van der Waals surface area contributed by atoms with Gasteiger partial charge < -0.3 is 24.8 Å². The van der Waals surface area contributed by atoms with Crippen molar-refractivity contribution in [3.05, 3.63) is 59.7 Å². The van der Waals surface area contributed by atoms with Gasteiger partial charge in [-0.1, -0.05) is 61.4 Å². The lowest BCUT2D eigenvalue weighted by atomic mass is 9.90. The van der Waals surface area contributed by atoms with Crippen LogP contribution in [0.15, 0.2) is 48.5 Å². The molecule has 2 aliphatic carbocycles. The second kappa shape index (κ2) is 9.00. The molecule has 2 aromatic rings. The molecule has 3 aliphatic rings. The van der Waals surface area contributed by atoms with Crippen molar-refractivity contribution in [2.45, 2.75) is 49.1 Å². The molecule has 1 unspecified atom stereocenters. The molecule has 8 nitrogen and oxygen atoms in total. The van der Waals surface area contributed by atoms with Gasteiger partial charge in [-0.2, -0.15) is 0 Å². The van der Waals surface area contributed by atoms with Crippen LogP contribution in [-0.2, 0) is 19.1 Å². The van der Waals surface area contributed by atoms with E-state index in [1.807, 2.05) is 36.4 Å². The van der Waals surface area contributed by atoms with Gasteiger partial charge in [0.25, 0.3) is 5.91 Å². The van der Waals surface area contributed by atoms with Crippen LogP contribution >= 0.6 is 0 Å². The van der Waals surface area contributed by atoms with E-state index in [4.69, 9.17) is 9.47 Å². The third-order valence-electron chi connectivity index (χ3n) is 7.89. The fourth-order valence-corrected chi connectivity index (χ4v) is 5.88. The topological polar surface area (TPSA) is 105 Å². The Bertz CT molecular complexity index is 1100. The van der Waals surface area contributed by atoms with Crippen LogP contribution in [0.25, 0.3) is 11.1 Å². The summed E-state index contributed by atoms with van der Waals surface area (Å²) in [6.07, 6.45) is 1.82. The Kier molecular flexibility index (Phi) is 6.01. The minimum absolute atomic E-state index is 0.0178. The molecule has 2 N–H and O–H groups in total. The smallest absolute Gasteiger partial charge is 0.408 e. The maximum atomic E-state index is 13.6. The highest BCUT2D eigenvalue weighted by Crippen LogP contribution is 2.44. The van der Waals surface area contributed by atoms with E-state index in [1.165, 1.54) is 11.9 Å². The summed E-state index contributed by atoms with van der Waals surface area (Å²) < 4.78 is 11.2. The van der Waals surface area contributed by atoms with Gasteiger partial charge in [-0.25, -0.2) is 9.59 Å². The van der Waals surface area contributed by atoms with E-state index in [1.54, 1.807) is 0 Å². The number of carbonyl (C=O) groups is 3. The first-order valence-electron chi connectivity index (χ1n) is 12.1. The molecule has 2 amide bonds. The summed E-state index contributed by atoms with van der Waals surface area (Å²) in [5.74, 6) is -1.56. The first kappa shape index (κ1) is 23.4. The maximum absolute atomic E-state index is 13.6. The van der Waals surface area contributed by atoms with Gasteiger partial charge in [0.1, 0.15) is 17.7 Å². The van der Waals surface area contributed by atoms with Crippen molar-refractivity contribution in [3.63, 3.8) is 0 Å². The van der Waals surface area contributed by atoms with Crippen LogP contribution in [-0.4, -0.2) is 65.9 Å². The number of rotatable bonds is 6. The Labute approximate surface area is 204 Å². The van der Waals surface area contributed by atoms with Crippen molar-refractivity contribution in [2.75, 3.05) is 26.9 Å². The molecule has 0 bridgehead atoms. The summed E-state index contributed by atoms with van der Waals surface area (Å²) >= 11 is 0. The molecule has 1 atom stereocenters. The highest BCUT2D eigenvalue weighted by Gasteiger charge is 2.54. The zero-order chi connectivity index (χ0) is 24.6. The van der Waals surface area contributed by atoms with Crippen LogP contribution in [0, 0.1) is 0 Å². The van der Waals surface area contributed by atoms with Gasteiger partial charge in [-0.05, 0) is 35.1 Å². The lowest BCUT2D eigenvalue weighted by molar-refractivity contribution is -0.160. The number of fused-ring (bicyclic) bond motifs is 3. The van der Waals surface area contributed by atoms with E-state index in [0.29, 0.717) is 19.4 Å². The van der Waals surface area contributed by atoms with Crippen LogP contribution < -0.4 is 5.32 Å². The number of aliphatic carboxylic acids is 1. The molecular formula is C27H30N2O6. The lowest BCUT2D eigenvalue weighted by Crippen LogP contribution is -2.65. The largest absolute Gasteiger partial charge is 0.479 e. The molecule has 5 rings (SSSR count). The minimum Gasteiger partial charge on any atom is -0.479 e. The zero-order valence-corrected chi connectivity index (χ0v) is 19.8. The van der Waals surface area contributed by atoms with E-state index in [-0.39, 0.29) is 25.6 Å². The number of carboxylic acids is 1. The molecule has 1 heterocycles. The molecule has 35 heavy (non-hydrogen) atoms. The summed E-state index contributed by atoms with van der Waals surface area (Å²) in [7, 11) is 1.52. The van der Waals surface area contributed by atoms with Gasteiger partial charge in [0, 0.05) is 26.0 Å². The van der Waals surface area contributed by atoms with Crippen molar-refractivity contribution in [1.82, 2.24) is 10.2 Å². The van der Waals surface area contributed by atoms with Crippen molar-refractivity contribution in [3.8, 4) is 11.1 Å². The monoisotopic (exact) mass is 478 g/mol. The number of hydrogen-bond donors (Lipinski definition) is 2. The molecule has 1 saturated heterocycles. The highest BCUT2D eigenvalue weighted by molar-refractivity contribution is 5.94. The Hall–Kier alpha value is -3.39. The number of hydrogen-bond acceptors (Lipinski definition) is 5. The predicted octanol–water partition coefficient (Wildman–Crippen LogP) is 3.54. The number of amides is 2. The second-order valence-corrected chi connectivity index (χ2v) is 9.74. The average molecular weight is 479 g/mol. The molecule has 1 saturated carbocycles. The Morgan fingerprint density at radius 1 is 1.03 bits per heavy atom. The zero-order valence-electron chi connectivity index (χ0n) is 19.8. The van der Waals surface area contributed by atoms with Crippen molar-refractivity contribution < 1.29 is 29.0 Å². The summed E-state index contributed by atoms with van der Waals surface area (Å²) in [4.78, 5) is 40.0. The van der Waals surface area contributed by atoms with Crippen molar-refractivity contribution in [2.24, 2.45) is 0 Å². The third-order valence-corrected chi connectivity index (χ3v) is 7.89. The summed E-state index contributed by atoms with van der Waals surface area (Å²) in [5, 5.41) is 12.7. The lowest BCUT2D eigenvalue weighted by Gasteiger charge is -2.40. The van der Waals surface area contributed by atoms with E-state index in [9.17, 15) is 19.5 Å². The Morgan fingerprint density at radius 3 is 2.17 bits per heavy atom.